The van der Waals surface area contributed by atoms with E-state index in [1.807, 2.05) is 0 Å². The highest BCUT2D eigenvalue weighted by Crippen LogP contribution is 2.52. The average molecular weight is 753 g/mol. The van der Waals surface area contributed by atoms with E-state index in [0.717, 1.165) is 39.1 Å². The third kappa shape index (κ3) is 4.38. The Labute approximate surface area is 340 Å². The SMILES string of the molecule is CC1(C)c2ccccc2-c2c(-c3nc(-n4c5ccccc5c5c(-n6c7ccccc7c7cc8ccccc8cc76)c6ccccc6cc54)c4ccccc4n3)cccc21. The fourth-order valence-electron chi connectivity index (χ4n) is 10.4. The summed E-state index contributed by atoms with van der Waals surface area (Å²) in [6, 6.07) is 66.3. The van der Waals surface area contributed by atoms with Crippen LogP contribution >= 0.6 is 0 Å². The van der Waals surface area contributed by atoms with Crippen LogP contribution in [0, 0.1) is 0 Å². The topological polar surface area (TPSA) is 35.6 Å². The van der Waals surface area contributed by atoms with Gasteiger partial charge in [-0.05, 0) is 80.9 Å². The summed E-state index contributed by atoms with van der Waals surface area (Å²) in [4.78, 5) is 11.0. The summed E-state index contributed by atoms with van der Waals surface area (Å²) in [5, 5.41) is 10.7. The largest absolute Gasteiger partial charge is 0.308 e. The Kier molecular flexibility index (Phi) is 6.48. The minimum atomic E-state index is -0.134. The van der Waals surface area contributed by atoms with Gasteiger partial charge in [-0.3, -0.25) is 4.57 Å². The van der Waals surface area contributed by atoms with Gasteiger partial charge < -0.3 is 4.57 Å². The molecule has 3 heterocycles. The van der Waals surface area contributed by atoms with Crippen molar-refractivity contribution in [3.63, 3.8) is 0 Å². The van der Waals surface area contributed by atoms with Gasteiger partial charge in [-0.1, -0.05) is 153 Å². The first-order valence-electron chi connectivity index (χ1n) is 20.4. The molecule has 0 radical (unpaired) electrons. The molecular weight excluding hydrogens is 717 g/mol. The molecule has 0 N–H and O–H groups in total. The van der Waals surface area contributed by atoms with Gasteiger partial charge in [0.25, 0.3) is 0 Å². The highest BCUT2D eigenvalue weighted by atomic mass is 15.1. The smallest absolute Gasteiger partial charge is 0.162 e. The third-order valence-corrected chi connectivity index (χ3v) is 13.1. The fourth-order valence-corrected chi connectivity index (χ4v) is 10.4. The molecule has 0 bridgehead atoms. The van der Waals surface area contributed by atoms with Gasteiger partial charge in [0.1, 0.15) is 5.82 Å². The molecule has 4 nitrogen and oxygen atoms in total. The second-order valence-electron chi connectivity index (χ2n) is 16.5. The molecule has 0 fully saturated rings. The van der Waals surface area contributed by atoms with E-state index >= 15 is 0 Å². The molecule has 12 aromatic rings. The Hall–Kier alpha value is -7.56. The standard InChI is InChI=1S/C55H36N4/c1-55(2)43-25-11-7-21-38(43)50-41(24-15-26-44(50)55)53-56-45-27-12-8-22-39(45)54(57-53)59-47-29-14-10-23-40(47)51-49(59)32-35-18-5-6-19-36(35)52(51)58-46-28-13-9-20-37(46)42-30-33-16-3-4-17-34(33)31-48(42)58/h3-32H,1-2H3. The Bertz CT molecular complexity index is 3770. The van der Waals surface area contributed by atoms with Crippen LogP contribution in [0.3, 0.4) is 0 Å². The van der Waals surface area contributed by atoms with Gasteiger partial charge in [-0.15, -0.1) is 0 Å². The minimum Gasteiger partial charge on any atom is -0.308 e. The average Bonchev–Trinajstić information content (AvgIpc) is 3.87. The molecule has 0 amide bonds. The van der Waals surface area contributed by atoms with Gasteiger partial charge in [0.15, 0.2) is 5.82 Å². The number of rotatable bonds is 3. The first-order chi connectivity index (χ1) is 29.0. The number of hydrogen-bond donors (Lipinski definition) is 0. The van der Waals surface area contributed by atoms with Crippen molar-refractivity contribution in [1.29, 1.82) is 0 Å². The first kappa shape index (κ1) is 32.5. The maximum atomic E-state index is 5.66. The normalized spacial score (nSPS) is 13.4. The summed E-state index contributed by atoms with van der Waals surface area (Å²) in [5.74, 6) is 1.60. The lowest BCUT2D eigenvalue weighted by molar-refractivity contribution is 0.660. The summed E-state index contributed by atoms with van der Waals surface area (Å²) in [6.45, 7) is 4.65. The van der Waals surface area contributed by atoms with Crippen LogP contribution < -0.4 is 0 Å². The zero-order chi connectivity index (χ0) is 39.0. The molecule has 0 unspecified atom stereocenters. The zero-order valence-corrected chi connectivity index (χ0v) is 32.6. The molecule has 13 rings (SSSR count). The number of aromatic nitrogens is 4. The van der Waals surface area contributed by atoms with E-state index in [1.54, 1.807) is 0 Å². The van der Waals surface area contributed by atoms with E-state index in [1.165, 1.54) is 82.1 Å². The van der Waals surface area contributed by atoms with Gasteiger partial charge in [0.05, 0.1) is 33.3 Å². The maximum absolute atomic E-state index is 5.66. The van der Waals surface area contributed by atoms with Crippen molar-refractivity contribution in [2.45, 2.75) is 19.3 Å². The summed E-state index contributed by atoms with van der Waals surface area (Å²) < 4.78 is 4.92. The van der Waals surface area contributed by atoms with Crippen molar-refractivity contribution in [1.82, 2.24) is 19.1 Å². The lowest BCUT2D eigenvalue weighted by atomic mass is 9.82. The van der Waals surface area contributed by atoms with Crippen LogP contribution in [0.25, 0.3) is 110 Å². The summed E-state index contributed by atoms with van der Waals surface area (Å²) in [7, 11) is 0. The molecule has 59 heavy (non-hydrogen) atoms. The van der Waals surface area contributed by atoms with Crippen molar-refractivity contribution in [2.24, 2.45) is 0 Å². The lowest BCUT2D eigenvalue weighted by Gasteiger charge is -2.21. The van der Waals surface area contributed by atoms with E-state index < -0.39 is 0 Å². The van der Waals surface area contributed by atoms with Crippen molar-refractivity contribution >= 4 is 76.1 Å². The van der Waals surface area contributed by atoms with Crippen LogP contribution in [0.5, 0.6) is 0 Å². The van der Waals surface area contributed by atoms with Crippen LogP contribution in [0.4, 0.5) is 0 Å². The van der Waals surface area contributed by atoms with Crippen LogP contribution in [0.1, 0.15) is 25.0 Å². The predicted octanol–water partition coefficient (Wildman–Crippen LogP) is 14.1. The molecule has 1 aliphatic carbocycles. The molecule has 0 spiro atoms. The molecule has 0 atom stereocenters. The highest BCUT2D eigenvalue weighted by Gasteiger charge is 2.37. The molecule has 0 aliphatic heterocycles. The lowest BCUT2D eigenvalue weighted by Crippen LogP contribution is -2.14. The van der Waals surface area contributed by atoms with Crippen LogP contribution in [0.2, 0.25) is 0 Å². The second-order valence-corrected chi connectivity index (χ2v) is 16.5. The van der Waals surface area contributed by atoms with Gasteiger partial charge in [-0.2, -0.15) is 0 Å². The van der Waals surface area contributed by atoms with Gasteiger partial charge in [0, 0.05) is 43.3 Å². The van der Waals surface area contributed by atoms with E-state index in [-0.39, 0.29) is 5.41 Å². The number of fused-ring (bicyclic) bond motifs is 12. The Balaban J connectivity index is 1.18. The molecule has 276 valence electrons. The number of hydrogen-bond acceptors (Lipinski definition) is 2. The minimum absolute atomic E-state index is 0.134. The maximum Gasteiger partial charge on any atom is 0.162 e. The van der Waals surface area contributed by atoms with E-state index in [0.29, 0.717) is 0 Å². The number of benzene rings is 9. The zero-order valence-electron chi connectivity index (χ0n) is 32.6. The summed E-state index contributed by atoms with van der Waals surface area (Å²) in [6.07, 6.45) is 0. The van der Waals surface area contributed by atoms with Gasteiger partial charge in [0.2, 0.25) is 0 Å². The molecule has 0 saturated carbocycles. The van der Waals surface area contributed by atoms with Crippen LogP contribution in [0.15, 0.2) is 182 Å². The van der Waals surface area contributed by atoms with E-state index in [4.69, 9.17) is 9.97 Å². The van der Waals surface area contributed by atoms with Crippen LogP contribution in [-0.4, -0.2) is 19.1 Å². The Morgan fingerprint density at radius 1 is 0.407 bits per heavy atom. The monoisotopic (exact) mass is 752 g/mol. The molecular formula is C55H36N4. The molecule has 3 aromatic heterocycles. The highest BCUT2D eigenvalue weighted by molar-refractivity contribution is 6.23. The summed E-state index contributed by atoms with van der Waals surface area (Å²) >= 11 is 0. The quantitative estimate of drug-likeness (QED) is 0.180. The molecule has 0 saturated heterocycles. The fraction of sp³-hybridized carbons (Fsp3) is 0.0545. The first-order valence-corrected chi connectivity index (χ1v) is 20.4. The number of para-hydroxylation sites is 3. The Morgan fingerprint density at radius 2 is 1.00 bits per heavy atom. The predicted molar refractivity (Wildman–Crippen MR) is 246 cm³/mol. The second kappa shape index (κ2) is 11.7. The van der Waals surface area contributed by atoms with Crippen LogP contribution in [-0.2, 0) is 5.41 Å². The van der Waals surface area contributed by atoms with Crippen molar-refractivity contribution in [3.8, 4) is 34.0 Å². The molecule has 9 aromatic carbocycles. The van der Waals surface area contributed by atoms with E-state index in [2.05, 4.69) is 205 Å². The Morgan fingerprint density at radius 3 is 1.83 bits per heavy atom. The summed E-state index contributed by atoms with van der Waals surface area (Å²) in [5.41, 5.74) is 12.7. The number of nitrogens with zero attached hydrogens (tertiary/aromatic N) is 4. The molecule has 1 aliphatic rings. The third-order valence-electron chi connectivity index (χ3n) is 13.1. The van der Waals surface area contributed by atoms with E-state index in [9.17, 15) is 0 Å². The van der Waals surface area contributed by atoms with Crippen molar-refractivity contribution in [3.05, 3.63) is 193 Å². The molecule has 4 heteroatoms. The van der Waals surface area contributed by atoms with Gasteiger partial charge >= 0.3 is 0 Å². The van der Waals surface area contributed by atoms with Crippen molar-refractivity contribution < 1.29 is 0 Å². The van der Waals surface area contributed by atoms with Crippen molar-refractivity contribution in [2.75, 3.05) is 0 Å². The van der Waals surface area contributed by atoms with Gasteiger partial charge in [-0.25, -0.2) is 9.97 Å².